The van der Waals surface area contributed by atoms with Crippen LogP contribution >= 0.6 is 28.3 Å². The minimum Gasteiger partial charge on any atom is -0.391 e. The summed E-state index contributed by atoms with van der Waals surface area (Å²) >= 11 is 3.44. The predicted octanol–water partition coefficient (Wildman–Crippen LogP) is 1.99. The SMILES string of the molecule is Cl.O=C(NCC1CNCC1O)C1(c2ccc(Br)cc2)CCC1. The Bertz CT molecular complexity index is 519. The molecule has 1 aliphatic carbocycles. The fraction of sp³-hybridized carbons (Fsp3) is 0.562. The molecular formula is C16H22BrClN2O2. The molecule has 2 fully saturated rings. The van der Waals surface area contributed by atoms with E-state index in [1.165, 1.54) is 0 Å². The summed E-state index contributed by atoms with van der Waals surface area (Å²) in [4.78, 5) is 12.7. The Hall–Kier alpha value is -0.620. The molecule has 3 N–H and O–H groups in total. The van der Waals surface area contributed by atoms with Crippen LogP contribution in [0.15, 0.2) is 28.7 Å². The fourth-order valence-corrected chi connectivity index (χ4v) is 3.53. The normalized spacial score (nSPS) is 25.9. The standard InChI is InChI=1S/C16H21BrN2O2.ClH/c17-13-4-2-12(3-5-13)16(6-1-7-16)15(21)19-9-11-8-18-10-14(11)20;/h2-5,11,14,18,20H,1,6-10H2,(H,19,21);1H. The molecule has 4 nitrogen and oxygen atoms in total. The van der Waals surface area contributed by atoms with Crippen molar-refractivity contribution in [2.45, 2.75) is 30.8 Å². The number of carbonyl (C=O) groups excluding carboxylic acids is 1. The van der Waals surface area contributed by atoms with Gasteiger partial charge in [-0.15, -0.1) is 12.4 Å². The van der Waals surface area contributed by atoms with Crippen molar-refractivity contribution < 1.29 is 9.90 Å². The van der Waals surface area contributed by atoms with E-state index in [9.17, 15) is 9.90 Å². The van der Waals surface area contributed by atoms with Gasteiger partial charge in [0.1, 0.15) is 0 Å². The highest BCUT2D eigenvalue weighted by Gasteiger charge is 2.45. The monoisotopic (exact) mass is 388 g/mol. The first-order valence-electron chi connectivity index (χ1n) is 7.55. The lowest BCUT2D eigenvalue weighted by atomic mass is 9.64. The van der Waals surface area contributed by atoms with Crippen molar-refractivity contribution in [2.24, 2.45) is 5.92 Å². The quantitative estimate of drug-likeness (QED) is 0.738. The van der Waals surface area contributed by atoms with Crippen LogP contribution in [0, 0.1) is 5.92 Å². The van der Waals surface area contributed by atoms with Crippen LogP contribution in [-0.2, 0) is 10.2 Å². The molecule has 6 heteroatoms. The molecule has 1 saturated carbocycles. The van der Waals surface area contributed by atoms with E-state index < -0.39 is 0 Å². The molecule has 22 heavy (non-hydrogen) atoms. The molecule has 1 saturated heterocycles. The van der Waals surface area contributed by atoms with Crippen molar-refractivity contribution in [1.29, 1.82) is 0 Å². The van der Waals surface area contributed by atoms with Crippen LogP contribution < -0.4 is 10.6 Å². The van der Waals surface area contributed by atoms with Gasteiger partial charge in [-0.3, -0.25) is 4.79 Å². The summed E-state index contributed by atoms with van der Waals surface area (Å²) in [5, 5.41) is 16.0. The zero-order valence-corrected chi connectivity index (χ0v) is 14.8. The van der Waals surface area contributed by atoms with E-state index in [0.29, 0.717) is 13.1 Å². The Morgan fingerprint density at radius 3 is 2.50 bits per heavy atom. The van der Waals surface area contributed by atoms with Crippen LogP contribution in [0.5, 0.6) is 0 Å². The second kappa shape index (κ2) is 7.30. The van der Waals surface area contributed by atoms with Gasteiger partial charge in [0.2, 0.25) is 5.91 Å². The van der Waals surface area contributed by atoms with Crippen LogP contribution in [0.4, 0.5) is 0 Å². The Labute approximate surface area is 145 Å². The van der Waals surface area contributed by atoms with Gasteiger partial charge in [-0.1, -0.05) is 34.5 Å². The lowest BCUT2D eigenvalue weighted by Crippen LogP contribution is -2.50. The van der Waals surface area contributed by atoms with Crippen molar-refractivity contribution in [1.82, 2.24) is 10.6 Å². The van der Waals surface area contributed by atoms with Gasteiger partial charge in [0.05, 0.1) is 11.5 Å². The third-order valence-corrected chi connectivity index (χ3v) is 5.40. The number of aliphatic hydroxyl groups excluding tert-OH is 1. The van der Waals surface area contributed by atoms with E-state index >= 15 is 0 Å². The Kier molecular flexibility index (Phi) is 5.88. The average molecular weight is 390 g/mol. The largest absolute Gasteiger partial charge is 0.391 e. The van der Waals surface area contributed by atoms with Gasteiger partial charge >= 0.3 is 0 Å². The Balaban J connectivity index is 0.00000176. The number of halogens is 2. The molecule has 0 radical (unpaired) electrons. The highest BCUT2D eigenvalue weighted by Crippen LogP contribution is 2.44. The summed E-state index contributed by atoms with van der Waals surface area (Å²) in [7, 11) is 0. The van der Waals surface area contributed by atoms with Crippen molar-refractivity contribution in [3.05, 3.63) is 34.3 Å². The molecule has 0 aromatic heterocycles. The maximum atomic E-state index is 12.7. The van der Waals surface area contributed by atoms with Crippen molar-refractivity contribution in [3.8, 4) is 0 Å². The minimum atomic E-state index is -0.363. The number of carbonyl (C=O) groups is 1. The summed E-state index contributed by atoms with van der Waals surface area (Å²) in [6, 6.07) is 8.06. The number of β-amino-alcohol motifs (C(OH)–C–C–N with tert-alkyl or cyclic N) is 1. The topological polar surface area (TPSA) is 61.4 Å². The summed E-state index contributed by atoms with van der Waals surface area (Å²) in [5.74, 6) is 0.228. The lowest BCUT2D eigenvalue weighted by molar-refractivity contribution is -0.130. The maximum Gasteiger partial charge on any atom is 0.230 e. The van der Waals surface area contributed by atoms with Crippen LogP contribution in [-0.4, -0.2) is 36.8 Å². The number of aliphatic hydroxyl groups is 1. The van der Waals surface area contributed by atoms with E-state index in [4.69, 9.17) is 0 Å². The second-order valence-corrected chi connectivity index (χ2v) is 7.05. The van der Waals surface area contributed by atoms with Crippen molar-refractivity contribution >= 4 is 34.2 Å². The van der Waals surface area contributed by atoms with E-state index in [-0.39, 0.29) is 35.8 Å². The van der Waals surface area contributed by atoms with Crippen LogP contribution in [0.2, 0.25) is 0 Å². The predicted molar refractivity (Wildman–Crippen MR) is 92.3 cm³/mol. The average Bonchev–Trinajstić information content (AvgIpc) is 2.83. The first-order valence-corrected chi connectivity index (χ1v) is 8.34. The van der Waals surface area contributed by atoms with Gasteiger partial charge < -0.3 is 15.7 Å². The van der Waals surface area contributed by atoms with Gasteiger partial charge in [-0.25, -0.2) is 0 Å². The smallest absolute Gasteiger partial charge is 0.230 e. The third kappa shape index (κ3) is 3.32. The molecule has 2 aliphatic rings. The molecule has 1 heterocycles. The summed E-state index contributed by atoms with van der Waals surface area (Å²) in [6.45, 7) is 1.94. The molecule has 122 valence electrons. The molecule has 3 rings (SSSR count). The summed E-state index contributed by atoms with van der Waals surface area (Å²) in [5.41, 5.74) is 0.733. The molecular weight excluding hydrogens is 368 g/mol. The molecule has 1 aromatic rings. The van der Waals surface area contributed by atoms with Gasteiger partial charge in [0.15, 0.2) is 0 Å². The zero-order chi connectivity index (χ0) is 14.9. The number of amides is 1. The molecule has 1 amide bonds. The Morgan fingerprint density at radius 2 is 2.00 bits per heavy atom. The van der Waals surface area contributed by atoms with Crippen LogP contribution in [0.3, 0.4) is 0 Å². The number of nitrogens with one attached hydrogen (secondary N) is 2. The number of hydrogen-bond donors (Lipinski definition) is 3. The van der Waals surface area contributed by atoms with Crippen molar-refractivity contribution in [2.75, 3.05) is 19.6 Å². The highest BCUT2D eigenvalue weighted by molar-refractivity contribution is 9.10. The first kappa shape index (κ1) is 17.7. The van der Waals surface area contributed by atoms with E-state index in [0.717, 1.165) is 35.8 Å². The van der Waals surface area contributed by atoms with Crippen LogP contribution in [0.25, 0.3) is 0 Å². The van der Waals surface area contributed by atoms with E-state index in [1.54, 1.807) is 0 Å². The van der Waals surface area contributed by atoms with E-state index in [1.807, 2.05) is 24.3 Å². The number of benzene rings is 1. The van der Waals surface area contributed by atoms with Gasteiger partial charge in [-0.2, -0.15) is 0 Å². The van der Waals surface area contributed by atoms with Crippen molar-refractivity contribution in [3.63, 3.8) is 0 Å². The van der Waals surface area contributed by atoms with Crippen LogP contribution in [0.1, 0.15) is 24.8 Å². The number of rotatable bonds is 4. The number of hydrogen-bond acceptors (Lipinski definition) is 3. The molecule has 1 aliphatic heterocycles. The maximum absolute atomic E-state index is 12.7. The van der Waals surface area contributed by atoms with Gasteiger partial charge in [0.25, 0.3) is 0 Å². The molecule has 2 atom stereocenters. The minimum absolute atomic E-state index is 0. The summed E-state index contributed by atoms with van der Waals surface area (Å²) in [6.07, 6.45) is 2.56. The molecule has 0 bridgehead atoms. The van der Waals surface area contributed by atoms with Gasteiger partial charge in [0, 0.05) is 30.0 Å². The Morgan fingerprint density at radius 1 is 1.32 bits per heavy atom. The van der Waals surface area contributed by atoms with Gasteiger partial charge in [-0.05, 0) is 30.5 Å². The highest BCUT2D eigenvalue weighted by atomic mass is 79.9. The molecule has 0 spiro atoms. The zero-order valence-electron chi connectivity index (χ0n) is 12.3. The molecule has 2 unspecified atom stereocenters. The lowest BCUT2D eigenvalue weighted by Gasteiger charge is -2.41. The first-order chi connectivity index (χ1) is 10.1. The third-order valence-electron chi connectivity index (χ3n) is 4.87. The fourth-order valence-electron chi connectivity index (χ4n) is 3.27. The second-order valence-electron chi connectivity index (χ2n) is 6.14. The summed E-state index contributed by atoms with van der Waals surface area (Å²) < 4.78 is 1.03. The van der Waals surface area contributed by atoms with E-state index in [2.05, 4.69) is 26.6 Å². The molecule has 1 aromatic carbocycles.